The highest BCUT2D eigenvalue weighted by Crippen LogP contribution is 2.36. The molecule has 2 aromatic heterocycles. The number of ether oxygens (including phenoxy) is 1. The lowest BCUT2D eigenvalue weighted by molar-refractivity contribution is 0.271. The first-order chi connectivity index (χ1) is 18.0. The molecule has 1 fully saturated rings. The molecule has 0 radical (unpaired) electrons. The summed E-state index contributed by atoms with van der Waals surface area (Å²) in [6.07, 6.45) is 7.68. The number of aromatic amines is 1. The second-order valence-corrected chi connectivity index (χ2v) is 10.2. The Kier molecular flexibility index (Phi) is 7.72. The van der Waals surface area contributed by atoms with Crippen LogP contribution in [0.4, 0.5) is 5.82 Å². The Labute approximate surface area is 221 Å². The number of hydrogen-bond acceptors (Lipinski definition) is 6. The molecular weight excluding hydrogens is 486 g/mol. The van der Waals surface area contributed by atoms with E-state index in [2.05, 4.69) is 31.7 Å². The SMILES string of the molecule is Cc1cc(C)cc(-c2c(OCCC3CCCCN3)c3cc(CNc4ccncn4)c(Cl)cc3[nH]c2=O)c1. The summed E-state index contributed by atoms with van der Waals surface area (Å²) in [6, 6.07) is 12.2. The molecule has 2 aromatic carbocycles. The highest BCUT2D eigenvalue weighted by molar-refractivity contribution is 6.32. The Bertz CT molecular complexity index is 1430. The van der Waals surface area contributed by atoms with E-state index in [1.807, 2.05) is 32.0 Å². The van der Waals surface area contributed by atoms with E-state index in [9.17, 15) is 4.79 Å². The number of nitrogens with one attached hydrogen (secondary N) is 3. The van der Waals surface area contributed by atoms with Crippen LogP contribution >= 0.6 is 11.6 Å². The standard InChI is InChI=1S/C29H32ClN5O2/c1-18-11-19(2)13-20(12-18)27-28(37-10-7-22-5-3-4-8-32-22)23-14-21(16-33-26-6-9-31-17-34-26)24(30)15-25(23)35-29(27)36/h6,9,11-15,17,22,32H,3-5,7-8,10,16H2,1-2H3,(H,35,36)(H,31,33,34). The number of H-pyrrole nitrogens is 1. The van der Waals surface area contributed by atoms with E-state index in [1.54, 1.807) is 18.3 Å². The zero-order chi connectivity index (χ0) is 25.8. The first-order valence-corrected chi connectivity index (χ1v) is 13.2. The number of fused-ring (bicyclic) bond motifs is 1. The van der Waals surface area contributed by atoms with Gasteiger partial charge < -0.3 is 20.4 Å². The maximum atomic E-state index is 13.4. The van der Waals surface area contributed by atoms with E-state index in [0.717, 1.165) is 47.0 Å². The topological polar surface area (TPSA) is 91.9 Å². The van der Waals surface area contributed by atoms with Gasteiger partial charge in [-0.15, -0.1) is 0 Å². The van der Waals surface area contributed by atoms with Crippen molar-refractivity contribution in [3.63, 3.8) is 0 Å². The van der Waals surface area contributed by atoms with Crippen molar-refractivity contribution in [1.29, 1.82) is 0 Å². The summed E-state index contributed by atoms with van der Waals surface area (Å²) in [5.74, 6) is 1.31. The Balaban J connectivity index is 1.56. The van der Waals surface area contributed by atoms with E-state index in [4.69, 9.17) is 16.3 Å². The fraction of sp³-hybridized carbons (Fsp3) is 0.345. The smallest absolute Gasteiger partial charge is 0.260 e. The third-order valence-corrected chi connectivity index (χ3v) is 7.16. The second-order valence-electron chi connectivity index (χ2n) is 9.76. The van der Waals surface area contributed by atoms with Crippen molar-refractivity contribution in [3.8, 4) is 16.9 Å². The van der Waals surface area contributed by atoms with Gasteiger partial charge in [-0.05, 0) is 69.0 Å². The number of nitrogens with zero attached hydrogens (tertiary/aromatic N) is 2. The molecule has 3 heterocycles. The molecule has 7 nitrogen and oxygen atoms in total. The van der Waals surface area contributed by atoms with Crippen LogP contribution in [0.25, 0.3) is 22.0 Å². The highest BCUT2D eigenvalue weighted by Gasteiger charge is 2.20. The Hall–Kier alpha value is -3.42. The molecule has 4 aromatic rings. The molecule has 1 atom stereocenters. The number of benzene rings is 2. The molecule has 0 aliphatic carbocycles. The van der Waals surface area contributed by atoms with E-state index in [0.29, 0.717) is 46.9 Å². The van der Waals surface area contributed by atoms with Crippen LogP contribution in [0, 0.1) is 13.8 Å². The fourth-order valence-electron chi connectivity index (χ4n) is 5.05. The van der Waals surface area contributed by atoms with Crippen LogP contribution in [0.1, 0.15) is 42.4 Å². The first kappa shape index (κ1) is 25.2. The third kappa shape index (κ3) is 5.95. The van der Waals surface area contributed by atoms with Crippen molar-refractivity contribution in [2.75, 3.05) is 18.5 Å². The lowest BCUT2D eigenvalue weighted by Crippen LogP contribution is -2.35. The minimum atomic E-state index is -0.189. The number of aryl methyl sites for hydroxylation is 2. The van der Waals surface area contributed by atoms with Gasteiger partial charge in [0.05, 0.1) is 17.7 Å². The summed E-state index contributed by atoms with van der Waals surface area (Å²) < 4.78 is 6.48. The quantitative estimate of drug-likeness (QED) is 0.274. The lowest BCUT2D eigenvalue weighted by atomic mass is 9.98. The predicted molar refractivity (Wildman–Crippen MR) is 150 cm³/mol. The van der Waals surface area contributed by atoms with Gasteiger partial charge in [0.2, 0.25) is 0 Å². The molecule has 1 saturated heterocycles. The van der Waals surface area contributed by atoms with Crippen molar-refractivity contribution in [1.82, 2.24) is 20.3 Å². The average molecular weight is 518 g/mol. The number of anilines is 1. The number of rotatable bonds is 8. The maximum Gasteiger partial charge on any atom is 0.260 e. The van der Waals surface area contributed by atoms with Crippen molar-refractivity contribution in [2.24, 2.45) is 0 Å². The Morgan fingerprint density at radius 3 is 2.70 bits per heavy atom. The van der Waals surface area contributed by atoms with Crippen molar-refractivity contribution < 1.29 is 4.74 Å². The molecule has 8 heteroatoms. The van der Waals surface area contributed by atoms with Crippen LogP contribution in [-0.2, 0) is 6.54 Å². The van der Waals surface area contributed by atoms with E-state index in [1.165, 1.54) is 19.2 Å². The zero-order valence-electron chi connectivity index (χ0n) is 21.2. The number of aromatic nitrogens is 3. The molecule has 0 bridgehead atoms. The summed E-state index contributed by atoms with van der Waals surface area (Å²) in [5, 5.41) is 8.25. The minimum absolute atomic E-state index is 0.189. The van der Waals surface area contributed by atoms with Crippen molar-refractivity contribution in [3.05, 3.63) is 81.0 Å². The van der Waals surface area contributed by atoms with Gasteiger partial charge in [-0.2, -0.15) is 0 Å². The van der Waals surface area contributed by atoms with Gasteiger partial charge >= 0.3 is 0 Å². The van der Waals surface area contributed by atoms with Gasteiger partial charge in [-0.25, -0.2) is 9.97 Å². The number of halogens is 1. The van der Waals surface area contributed by atoms with Gasteiger partial charge in [0.15, 0.2) is 0 Å². The Morgan fingerprint density at radius 2 is 1.97 bits per heavy atom. The molecule has 1 unspecified atom stereocenters. The molecule has 0 spiro atoms. The predicted octanol–water partition coefficient (Wildman–Crippen LogP) is 5.78. The van der Waals surface area contributed by atoms with Crippen LogP contribution in [0.15, 0.2) is 53.7 Å². The largest absolute Gasteiger partial charge is 0.492 e. The molecule has 1 aliphatic rings. The minimum Gasteiger partial charge on any atom is -0.492 e. The molecule has 0 amide bonds. The van der Waals surface area contributed by atoms with Crippen LogP contribution in [0.2, 0.25) is 5.02 Å². The van der Waals surface area contributed by atoms with Crippen LogP contribution in [0.5, 0.6) is 5.75 Å². The van der Waals surface area contributed by atoms with Gasteiger partial charge in [-0.1, -0.05) is 47.3 Å². The molecular formula is C29H32ClN5O2. The molecule has 37 heavy (non-hydrogen) atoms. The summed E-state index contributed by atoms with van der Waals surface area (Å²) in [7, 11) is 0. The molecule has 1 aliphatic heterocycles. The van der Waals surface area contributed by atoms with Gasteiger partial charge in [0, 0.05) is 29.2 Å². The van der Waals surface area contributed by atoms with Crippen LogP contribution < -0.4 is 20.9 Å². The first-order valence-electron chi connectivity index (χ1n) is 12.8. The summed E-state index contributed by atoms with van der Waals surface area (Å²) in [6.45, 7) is 6.11. The fourth-order valence-corrected chi connectivity index (χ4v) is 5.28. The second kappa shape index (κ2) is 11.3. The highest BCUT2D eigenvalue weighted by atomic mass is 35.5. The van der Waals surface area contributed by atoms with E-state index < -0.39 is 0 Å². The normalized spacial score (nSPS) is 15.6. The third-order valence-electron chi connectivity index (χ3n) is 6.81. The summed E-state index contributed by atoms with van der Waals surface area (Å²) in [4.78, 5) is 24.7. The summed E-state index contributed by atoms with van der Waals surface area (Å²) in [5.41, 5.74) is 4.93. The molecule has 0 saturated carbocycles. The van der Waals surface area contributed by atoms with Gasteiger partial charge in [-0.3, -0.25) is 4.79 Å². The van der Waals surface area contributed by atoms with Crippen molar-refractivity contribution in [2.45, 2.75) is 52.1 Å². The number of pyridine rings is 1. The molecule has 5 rings (SSSR count). The molecule has 3 N–H and O–H groups in total. The Morgan fingerprint density at radius 1 is 1.14 bits per heavy atom. The average Bonchev–Trinajstić information content (AvgIpc) is 2.88. The number of piperidine rings is 1. The monoisotopic (exact) mass is 517 g/mol. The van der Waals surface area contributed by atoms with E-state index >= 15 is 0 Å². The molecule has 192 valence electrons. The summed E-state index contributed by atoms with van der Waals surface area (Å²) >= 11 is 6.63. The van der Waals surface area contributed by atoms with Crippen LogP contribution in [0.3, 0.4) is 0 Å². The van der Waals surface area contributed by atoms with Crippen molar-refractivity contribution >= 4 is 28.3 Å². The maximum absolute atomic E-state index is 13.4. The lowest BCUT2D eigenvalue weighted by Gasteiger charge is -2.24. The zero-order valence-corrected chi connectivity index (χ0v) is 22.0. The number of hydrogen-bond donors (Lipinski definition) is 3. The van der Waals surface area contributed by atoms with Gasteiger partial charge in [0.25, 0.3) is 5.56 Å². The van der Waals surface area contributed by atoms with Crippen LogP contribution in [-0.4, -0.2) is 34.1 Å². The van der Waals surface area contributed by atoms with Gasteiger partial charge in [0.1, 0.15) is 17.9 Å². The van der Waals surface area contributed by atoms with E-state index in [-0.39, 0.29) is 5.56 Å².